The van der Waals surface area contributed by atoms with Crippen molar-refractivity contribution < 1.29 is 23.1 Å². The standard InChI is InChI=1S/C12H10O5P2S3/c13-18(14,20)17-19(21)15-9-1-5-11(6-2-9)22-12-7-3-10(16-19)4-8-12/h1-8H,(H2,13,14,20). The molecule has 5 nitrogen and oxygen atoms in total. The second-order valence-corrected chi connectivity index (χ2v) is 11.1. The molecule has 4 aliphatic heterocycles. The number of hydrogen-bond donors (Lipinski definition) is 2. The third kappa shape index (κ3) is 4.31. The molecule has 0 aromatic heterocycles. The molecule has 0 spiro atoms. The van der Waals surface area contributed by atoms with Crippen molar-refractivity contribution in [2.45, 2.75) is 9.79 Å². The van der Waals surface area contributed by atoms with Crippen molar-refractivity contribution >= 4 is 48.8 Å². The maximum atomic E-state index is 9.42. The molecule has 2 aromatic carbocycles. The Labute approximate surface area is 141 Å². The van der Waals surface area contributed by atoms with Gasteiger partial charge in [0.2, 0.25) is 0 Å². The van der Waals surface area contributed by atoms with Crippen molar-refractivity contribution in [1.82, 2.24) is 0 Å². The van der Waals surface area contributed by atoms with Gasteiger partial charge in [-0.15, -0.1) is 0 Å². The van der Waals surface area contributed by atoms with Crippen molar-refractivity contribution in [1.29, 1.82) is 0 Å². The van der Waals surface area contributed by atoms with Gasteiger partial charge in [0.15, 0.2) is 0 Å². The van der Waals surface area contributed by atoms with Crippen LogP contribution in [-0.2, 0) is 27.9 Å². The van der Waals surface area contributed by atoms with Gasteiger partial charge in [-0.05, 0) is 60.3 Å². The van der Waals surface area contributed by atoms with E-state index < -0.39 is 13.4 Å². The lowest BCUT2D eigenvalue weighted by Gasteiger charge is -2.24. The molecule has 0 fully saturated rings. The molecule has 6 rings (SSSR count). The molecule has 0 aliphatic carbocycles. The van der Waals surface area contributed by atoms with E-state index in [4.69, 9.17) is 25.2 Å². The average Bonchev–Trinajstić information content (AvgIpc) is 2.39. The van der Waals surface area contributed by atoms with Crippen molar-refractivity contribution in [3.05, 3.63) is 48.5 Å². The monoisotopic (exact) mass is 392 g/mol. The van der Waals surface area contributed by atoms with Gasteiger partial charge in [0.1, 0.15) is 11.5 Å². The van der Waals surface area contributed by atoms with Gasteiger partial charge in [-0.1, -0.05) is 11.8 Å². The van der Waals surface area contributed by atoms with E-state index in [-0.39, 0.29) is 0 Å². The van der Waals surface area contributed by atoms with E-state index >= 15 is 0 Å². The molecule has 2 aromatic rings. The molecule has 4 bridgehead atoms. The summed E-state index contributed by atoms with van der Waals surface area (Å²) in [6.07, 6.45) is 0. The Morgan fingerprint density at radius 3 is 1.68 bits per heavy atom. The first-order valence-electron chi connectivity index (χ1n) is 5.95. The van der Waals surface area contributed by atoms with Gasteiger partial charge in [-0.3, -0.25) is 0 Å². The van der Waals surface area contributed by atoms with Gasteiger partial charge in [0.05, 0.1) is 0 Å². The van der Waals surface area contributed by atoms with Gasteiger partial charge in [0, 0.05) is 21.6 Å². The Kier molecular flexibility index (Phi) is 4.65. The van der Waals surface area contributed by atoms with Crippen molar-refractivity contribution in [3.63, 3.8) is 0 Å². The smallest absolute Gasteiger partial charge is 0.415 e. The molecule has 0 amide bonds. The lowest BCUT2D eigenvalue weighted by Crippen LogP contribution is -2.04. The fourth-order valence-corrected chi connectivity index (χ4v) is 7.16. The Hall–Kier alpha value is -0.430. The van der Waals surface area contributed by atoms with Crippen LogP contribution in [0.15, 0.2) is 58.3 Å². The van der Waals surface area contributed by atoms with Gasteiger partial charge in [0.25, 0.3) is 0 Å². The minimum atomic E-state index is -4.03. The molecule has 4 heterocycles. The van der Waals surface area contributed by atoms with Gasteiger partial charge < -0.3 is 18.8 Å². The highest BCUT2D eigenvalue weighted by Crippen LogP contribution is 2.61. The van der Waals surface area contributed by atoms with Crippen molar-refractivity contribution in [3.8, 4) is 11.5 Å². The Morgan fingerprint density at radius 1 is 0.909 bits per heavy atom. The molecule has 2 N–H and O–H groups in total. The van der Waals surface area contributed by atoms with Crippen LogP contribution in [0.2, 0.25) is 0 Å². The van der Waals surface area contributed by atoms with Gasteiger partial charge in [-0.25, -0.2) is 4.31 Å². The van der Waals surface area contributed by atoms with Crippen LogP contribution in [0, 0.1) is 0 Å². The molecule has 0 atom stereocenters. The largest absolute Gasteiger partial charge is 0.442 e. The lowest BCUT2D eigenvalue weighted by molar-refractivity contribution is 0.327. The van der Waals surface area contributed by atoms with E-state index in [0.717, 1.165) is 9.79 Å². The van der Waals surface area contributed by atoms with Crippen LogP contribution in [0.1, 0.15) is 0 Å². The fraction of sp³-hybridized carbons (Fsp3) is 0. The fourth-order valence-electron chi connectivity index (χ4n) is 1.71. The second-order valence-electron chi connectivity index (χ2n) is 4.25. The first kappa shape index (κ1) is 16.4. The van der Waals surface area contributed by atoms with E-state index in [0.29, 0.717) is 11.5 Å². The maximum absolute atomic E-state index is 9.42. The summed E-state index contributed by atoms with van der Waals surface area (Å²) >= 11 is 11.3. The molecule has 0 saturated heterocycles. The Balaban J connectivity index is 2.06. The summed E-state index contributed by atoms with van der Waals surface area (Å²) < 4.78 is 16.1. The lowest BCUT2D eigenvalue weighted by atomic mass is 10.3. The number of rotatable bonds is 2. The zero-order chi connectivity index (χ0) is 15.8. The molecular formula is C12H10O5P2S3. The van der Waals surface area contributed by atoms with E-state index in [2.05, 4.69) is 11.8 Å². The molecule has 4 aliphatic rings. The predicted octanol–water partition coefficient (Wildman–Crippen LogP) is 4.06. The molecule has 116 valence electrons. The van der Waals surface area contributed by atoms with Crippen molar-refractivity contribution in [2.75, 3.05) is 0 Å². The summed E-state index contributed by atoms with van der Waals surface area (Å²) in [7, 11) is 0. The number of benzene rings is 2. The third-order valence-electron chi connectivity index (χ3n) is 2.52. The molecule has 0 unspecified atom stereocenters. The molecule has 0 radical (unpaired) electrons. The van der Waals surface area contributed by atoms with E-state index in [1.54, 1.807) is 36.0 Å². The zero-order valence-corrected chi connectivity index (χ0v) is 15.1. The minimum Gasteiger partial charge on any atom is -0.415 e. The van der Waals surface area contributed by atoms with Crippen LogP contribution in [0.5, 0.6) is 11.5 Å². The highest BCUT2D eigenvalue weighted by molar-refractivity contribution is 8.14. The molecule has 10 heteroatoms. The average molecular weight is 392 g/mol. The third-order valence-corrected chi connectivity index (χ3v) is 7.71. The number of hydrogen-bond acceptors (Lipinski definition) is 6. The van der Waals surface area contributed by atoms with Crippen LogP contribution >= 0.6 is 25.2 Å². The topological polar surface area (TPSA) is 68.2 Å². The zero-order valence-electron chi connectivity index (χ0n) is 10.9. The van der Waals surface area contributed by atoms with Gasteiger partial charge >= 0.3 is 13.4 Å². The van der Waals surface area contributed by atoms with Crippen LogP contribution in [0.25, 0.3) is 0 Å². The van der Waals surface area contributed by atoms with E-state index in [1.807, 2.05) is 24.3 Å². The van der Waals surface area contributed by atoms with Crippen LogP contribution in [0.4, 0.5) is 0 Å². The Bertz CT molecular complexity index is 721. The van der Waals surface area contributed by atoms with Crippen LogP contribution in [0.3, 0.4) is 0 Å². The first-order valence-corrected chi connectivity index (χ1v) is 12.0. The highest BCUT2D eigenvalue weighted by atomic mass is 32.5. The van der Waals surface area contributed by atoms with Crippen molar-refractivity contribution in [2.24, 2.45) is 0 Å². The quantitative estimate of drug-likeness (QED) is 0.742. The molecular weight excluding hydrogens is 382 g/mol. The normalized spacial score (nSPS) is 16.3. The predicted molar refractivity (Wildman–Crippen MR) is 92.4 cm³/mol. The van der Waals surface area contributed by atoms with Crippen LogP contribution < -0.4 is 9.05 Å². The van der Waals surface area contributed by atoms with E-state index in [1.165, 1.54) is 0 Å². The summed E-state index contributed by atoms with van der Waals surface area (Å²) in [5, 5.41) is 0. The summed E-state index contributed by atoms with van der Waals surface area (Å²) in [4.78, 5) is 20.9. The molecule has 0 saturated carbocycles. The summed E-state index contributed by atoms with van der Waals surface area (Å²) in [6, 6.07) is 14.3. The van der Waals surface area contributed by atoms with Gasteiger partial charge in [-0.2, -0.15) is 0 Å². The second kappa shape index (κ2) is 6.23. The highest BCUT2D eigenvalue weighted by Gasteiger charge is 2.31. The summed E-state index contributed by atoms with van der Waals surface area (Å²) in [5.41, 5.74) is 0. The summed E-state index contributed by atoms with van der Waals surface area (Å²) in [6.45, 7) is -7.54. The minimum absolute atomic E-state index is 0.408. The Morgan fingerprint density at radius 2 is 1.32 bits per heavy atom. The van der Waals surface area contributed by atoms with E-state index in [9.17, 15) is 9.79 Å². The summed E-state index contributed by atoms with van der Waals surface area (Å²) in [5.74, 6) is 0.817. The SMILES string of the molecule is OP(O)(=S)OP1(=S)Oc2ccc(cc2)Sc2ccc(cc2)O1. The first-order chi connectivity index (χ1) is 10.3. The molecule has 22 heavy (non-hydrogen) atoms. The van der Waals surface area contributed by atoms with Crippen LogP contribution in [-0.4, -0.2) is 9.79 Å². The maximum Gasteiger partial charge on any atom is 0.442 e.